The van der Waals surface area contributed by atoms with Gasteiger partial charge in [0.25, 0.3) is 0 Å². The van der Waals surface area contributed by atoms with Crippen LogP contribution in [0, 0.1) is 0 Å². The molecular formula is C15H9N5. The van der Waals surface area contributed by atoms with Gasteiger partial charge in [-0.25, -0.2) is 9.97 Å². The fourth-order valence-corrected chi connectivity index (χ4v) is 2.21. The summed E-state index contributed by atoms with van der Waals surface area (Å²) < 4.78 is 0. The van der Waals surface area contributed by atoms with Crippen LogP contribution in [-0.2, 0) is 0 Å². The molecule has 0 saturated carbocycles. The summed E-state index contributed by atoms with van der Waals surface area (Å²) in [5.74, 6) is 0.516. The highest BCUT2D eigenvalue weighted by molar-refractivity contribution is 6.03. The maximum Gasteiger partial charge on any atom is 0.200 e. The van der Waals surface area contributed by atoms with Gasteiger partial charge in [-0.05, 0) is 12.1 Å². The second kappa shape index (κ2) is 4.31. The third-order valence-electron chi connectivity index (χ3n) is 3.14. The minimum atomic E-state index is 0.516. The molecular weight excluding hydrogens is 250 g/mol. The second-order valence-corrected chi connectivity index (χ2v) is 4.38. The second-order valence-electron chi connectivity index (χ2n) is 4.38. The van der Waals surface area contributed by atoms with Crippen molar-refractivity contribution in [3.8, 4) is 11.5 Å². The van der Waals surface area contributed by atoms with Gasteiger partial charge in [-0.3, -0.25) is 4.98 Å². The largest absolute Gasteiger partial charge is 0.254 e. The van der Waals surface area contributed by atoms with Crippen LogP contribution in [0.2, 0.25) is 0 Å². The van der Waals surface area contributed by atoms with E-state index in [2.05, 4.69) is 25.1 Å². The smallest absolute Gasteiger partial charge is 0.200 e. The Balaban J connectivity index is 2.05. The molecule has 0 amide bonds. The monoisotopic (exact) mass is 259 g/mol. The Bertz CT molecular complexity index is 905. The number of benzene rings is 1. The van der Waals surface area contributed by atoms with E-state index in [9.17, 15) is 0 Å². The number of nitrogens with zero attached hydrogens (tertiary/aromatic N) is 5. The van der Waals surface area contributed by atoms with Gasteiger partial charge in [0, 0.05) is 23.2 Å². The quantitative estimate of drug-likeness (QED) is 0.492. The van der Waals surface area contributed by atoms with Crippen molar-refractivity contribution in [1.29, 1.82) is 0 Å². The topological polar surface area (TPSA) is 64.5 Å². The molecule has 0 bridgehead atoms. The zero-order valence-electron chi connectivity index (χ0n) is 10.4. The Morgan fingerprint density at radius 3 is 2.40 bits per heavy atom. The molecule has 0 N–H and O–H groups in total. The number of hydrogen-bond donors (Lipinski definition) is 0. The minimum absolute atomic E-state index is 0.516. The van der Waals surface area contributed by atoms with E-state index in [4.69, 9.17) is 0 Å². The number of rotatable bonds is 1. The van der Waals surface area contributed by atoms with Gasteiger partial charge in [0.05, 0.1) is 17.2 Å². The predicted octanol–water partition coefficient (Wildman–Crippen LogP) is 2.64. The van der Waals surface area contributed by atoms with Crippen molar-refractivity contribution < 1.29 is 0 Å². The zero-order valence-corrected chi connectivity index (χ0v) is 10.4. The van der Waals surface area contributed by atoms with Crippen LogP contribution >= 0.6 is 0 Å². The van der Waals surface area contributed by atoms with Crippen LogP contribution < -0.4 is 0 Å². The van der Waals surface area contributed by atoms with Crippen LogP contribution in [0.4, 0.5) is 0 Å². The SMILES string of the molecule is c1cnc2c(c1)ccc1ccc(-c3nccnn3)nc12. The van der Waals surface area contributed by atoms with Gasteiger partial charge in [0.1, 0.15) is 5.69 Å². The maximum absolute atomic E-state index is 4.65. The fraction of sp³-hybridized carbons (Fsp3) is 0. The maximum atomic E-state index is 4.65. The first-order valence-corrected chi connectivity index (χ1v) is 6.20. The predicted molar refractivity (Wildman–Crippen MR) is 75.9 cm³/mol. The molecule has 5 heteroatoms. The average molecular weight is 259 g/mol. The van der Waals surface area contributed by atoms with Crippen LogP contribution in [0.25, 0.3) is 33.3 Å². The minimum Gasteiger partial charge on any atom is -0.254 e. The molecule has 0 spiro atoms. The van der Waals surface area contributed by atoms with E-state index < -0.39 is 0 Å². The lowest BCUT2D eigenvalue weighted by molar-refractivity contribution is 0.972. The molecule has 0 radical (unpaired) electrons. The number of fused-ring (bicyclic) bond motifs is 3. The van der Waals surface area contributed by atoms with Crippen molar-refractivity contribution in [2.75, 3.05) is 0 Å². The first kappa shape index (κ1) is 10.9. The lowest BCUT2D eigenvalue weighted by atomic mass is 10.1. The van der Waals surface area contributed by atoms with Crippen molar-refractivity contribution in [3.05, 3.63) is 55.0 Å². The summed E-state index contributed by atoms with van der Waals surface area (Å²) in [5, 5.41) is 9.94. The normalized spacial score (nSPS) is 11.0. The van der Waals surface area contributed by atoms with Crippen molar-refractivity contribution in [2.45, 2.75) is 0 Å². The lowest BCUT2D eigenvalue weighted by Gasteiger charge is -2.04. The molecule has 0 aliphatic carbocycles. The van der Waals surface area contributed by atoms with Gasteiger partial charge < -0.3 is 0 Å². The van der Waals surface area contributed by atoms with Gasteiger partial charge >= 0.3 is 0 Å². The fourth-order valence-electron chi connectivity index (χ4n) is 2.21. The summed E-state index contributed by atoms with van der Waals surface area (Å²) >= 11 is 0. The summed E-state index contributed by atoms with van der Waals surface area (Å²) in [5.41, 5.74) is 2.44. The molecule has 0 aliphatic heterocycles. The molecule has 3 aromatic heterocycles. The van der Waals surface area contributed by atoms with E-state index in [1.54, 1.807) is 18.6 Å². The van der Waals surface area contributed by atoms with E-state index in [1.807, 2.05) is 36.4 Å². The van der Waals surface area contributed by atoms with Gasteiger partial charge in [-0.1, -0.05) is 24.3 Å². The van der Waals surface area contributed by atoms with E-state index in [1.165, 1.54) is 0 Å². The molecule has 3 heterocycles. The molecule has 20 heavy (non-hydrogen) atoms. The Morgan fingerprint density at radius 2 is 1.55 bits per heavy atom. The molecule has 4 rings (SSSR count). The van der Waals surface area contributed by atoms with E-state index in [-0.39, 0.29) is 0 Å². The molecule has 5 nitrogen and oxygen atoms in total. The van der Waals surface area contributed by atoms with E-state index >= 15 is 0 Å². The first-order chi connectivity index (χ1) is 9.92. The van der Waals surface area contributed by atoms with Crippen LogP contribution in [-0.4, -0.2) is 25.1 Å². The molecule has 0 atom stereocenters. The molecule has 0 unspecified atom stereocenters. The average Bonchev–Trinajstić information content (AvgIpc) is 2.55. The number of hydrogen-bond acceptors (Lipinski definition) is 5. The third kappa shape index (κ3) is 1.68. The van der Waals surface area contributed by atoms with Crippen LogP contribution in [0.5, 0.6) is 0 Å². The zero-order chi connectivity index (χ0) is 13.4. The first-order valence-electron chi connectivity index (χ1n) is 6.20. The summed E-state index contributed by atoms with van der Waals surface area (Å²) in [6.07, 6.45) is 4.92. The van der Waals surface area contributed by atoms with Gasteiger partial charge in [-0.2, -0.15) is 5.10 Å². The number of aromatic nitrogens is 5. The van der Waals surface area contributed by atoms with Crippen LogP contribution in [0.3, 0.4) is 0 Å². The summed E-state index contributed by atoms with van der Waals surface area (Å²) in [4.78, 5) is 13.3. The Hall–Kier alpha value is -2.95. The van der Waals surface area contributed by atoms with E-state index in [0.717, 1.165) is 21.8 Å². The molecule has 94 valence electrons. The van der Waals surface area contributed by atoms with Gasteiger partial charge in [0.2, 0.25) is 0 Å². The Morgan fingerprint density at radius 1 is 0.700 bits per heavy atom. The molecule has 4 aromatic rings. The highest BCUT2D eigenvalue weighted by Gasteiger charge is 2.07. The van der Waals surface area contributed by atoms with Crippen LogP contribution in [0.1, 0.15) is 0 Å². The lowest BCUT2D eigenvalue weighted by Crippen LogP contribution is -1.94. The molecule has 0 saturated heterocycles. The Kier molecular flexibility index (Phi) is 2.35. The third-order valence-corrected chi connectivity index (χ3v) is 3.14. The van der Waals surface area contributed by atoms with Crippen molar-refractivity contribution in [1.82, 2.24) is 25.1 Å². The van der Waals surface area contributed by atoms with Crippen molar-refractivity contribution in [3.63, 3.8) is 0 Å². The highest BCUT2D eigenvalue weighted by Crippen LogP contribution is 2.24. The molecule has 1 aromatic carbocycles. The van der Waals surface area contributed by atoms with Gasteiger partial charge in [-0.15, -0.1) is 5.10 Å². The van der Waals surface area contributed by atoms with Crippen molar-refractivity contribution in [2.24, 2.45) is 0 Å². The van der Waals surface area contributed by atoms with Crippen LogP contribution in [0.15, 0.2) is 55.0 Å². The molecule has 0 aliphatic rings. The molecule has 0 fully saturated rings. The Labute approximate surface area is 114 Å². The summed E-state index contributed by atoms with van der Waals surface area (Å²) in [7, 11) is 0. The highest BCUT2D eigenvalue weighted by atomic mass is 15.1. The summed E-state index contributed by atoms with van der Waals surface area (Å²) in [6.45, 7) is 0. The summed E-state index contributed by atoms with van der Waals surface area (Å²) in [6, 6.07) is 11.9. The van der Waals surface area contributed by atoms with Crippen molar-refractivity contribution >= 4 is 21.8 Å². The van der Waals surface area contributed by atoms with E-state index in [0.29, 0.717) is 11.5 Å². The van der Waals surface area contributed by atoms with Gasteiger partial charge in [0.15, 0.2) is 5.82 Å². The standard InChI is InChI=1S/C15H9N5/c1-2-10-3-4-11-5-6-12(15-17-8-9-18-20-15)19-14(11)13(10)16-7-1/h1-9H. The number of pyridine rings is 2.